The van der Waals surface area contributed by atoms with E-state index in [1.807, 2.05) is 0 Å². The fraction of sp³-hybridized carbons (Fsp3) is 0.811. The third-order valence-electron chi connectivity index (χ3n) is 12.4. The number of hydrogen-bond donors (Lipinski definition) is 12. The van der Waals surface area contributed by atoms with Gasteiger partial charge in [-0.2, -0.15) is 0 Å². The molecule has 0 aliphatic heterocycles. The Kier molecular flexibility index (Phi) is 50.3. The maximum absolute atomic E-state index is 12.7. The monoisotopic (exact) mass is 1390 g/mol. The second kappa shape index (κ2) is 52.9. The summed E-state index contributed by atoms with van der Waals surface area (Å²) >= 11 is -0.316. The van der Waals surface area contributed by atoms with Crippen LogP contribution in [0.25, 0.3) is 0 Å². The van der Waals surface area contributed by atoms with E-state index in [0.717, 1.165) is 44.9 Å². The minimum atomic E-state index is -1.40. The van der Waals surface area contributed by atoms with E-state index in [2.05, 4.69) is 46.1 Å². The number of carbonyl (C=O) groups is 10. The summed E-state index contributed by atoms with van der Waals surface area (Å²) in [7, 11) is 0. The van der Waals surface area contributed by atoms with E-state index in [1.165, 1.54) is 58.3 Å². The first-order chi connectivity index (χ1) is 38.9. The number of amides is 7. The number of aliphatic hydroxyl groups excluding tert-OH is 1. The highest BCUT2D eigenvalue weighted by atomic mass is 128. The van der Waals surface area contributed by atoms with Crippen LogP contribution < -0.4 is 41.2 Å². The number of ether oxygens (including phenoxy) is 4. The summed E-state index contributed by atoms with van der Waals surface area (Å²) in [6.45, 7) is 2.65. The molecule has 0 aromatic rings. The summed E-state index contributed by atoms with van der Waals surface area (Å²) < 4.78 is 24.7. The van der Waals surface area contributed by atoms with Gasteiger partial charge in [-0.15, -0.1) is 0 Å². The second-order valence-corrected chi connectivity index (χ2v) is 29.5. The van der Waals surface area contributed by atoms with Crippen molar-refractivity contribution in [2.75, 3.05) is 77.4 Å². The van der Waals surface area contributed by atoms with Crippen LogP contribution in [-0.4, -0.2) is 187 Å². The maximum atomic E-state index is 12.7. The van der Waals surface area contributed by atoms with E-state index in [4.69, 9.17) is 24.1 Å². The van der Waals surface area contributed by atoms with Crippen molar-refractivity contribution in [1.82, 2.24) is 35.4 Å². The molecule has 470 valence electrons. The Morgan fingerprint density at radius 3 is 1.28 bits per heavy atom. The third-order valence-corrected chi connectivity index (χ3v) is 18.1. The van der Waals surface area contributed by atoms with Crippen LogP contribution in [0.1, 0.15) is 167 Å². The number of aliphatic hydroxyl groups is 1. The van der Waals surface area contributed by atoms with E-state index >= 15 is 0 Å². The lowest BCUT2D eigenvalue weighted by molar-refractivity contribution is -0.310. The van der Waals surface area contributed by atoms with Crippen LogP contribution in [0, 0.1) is 0 Å². The summed E-state index contributed by atoms with van der Waals surface area (Å²) in [4.78, 5) is 122. The Morgan fingerprint density at radius 2 is 0.852 bits per heavy atom. The van der Waals surface area contributed by atoms with Crippen molar-refractivity contribution in [2.24, 2.45) is 0 Å². The van der Waals surface area contributed by atoms with Gasteiger partial charge in [0.1, 0.15) is 25.3 Å². The zero-order valence-electron chi connectivity index (χ0n) is 47.8. The molecule has 0 saturated carbocycles. The Morgan fingerprint density at radius 1 is 0.444 bits per heavy atom. The van der Waals surface area contributed by atoms with Crippen LogP contribution >= 0.6 is 33.5 Å². The van der Waals surface area contributed by atoms with E-state index < -0.39 is 71.8 Å². The minimum absolute atomic E-state index is 0.0138. The first kappa shape index (κ1) is 77.1. The number of hydrogen-bond acceptors (Lipinski definition) is 16. The Bertz CT molecular complexity index is 1840. The minimum Gasteiger partial charge on any atom is -0.481 e. The van der Waals surface area contributed by atoms with Gasteiger partial charge in [0.25, 0.3) is 0 Å². The Balaban J connectivity index is 3.98. The molecule has 0 saturated heterocycles. The molecule has 0 fully saturated rings. The number of halogens is 2. The van der Waals surface area contributed by atoms with Gasteiger partial charge < -0.3 is 71.3 Å². The highest BCUT2D eigenvalue weighted by Gasteiger charge is 2.29. The van der Waals surface area contributed by atoms with Gasteiger partial charge in [-0.25, -0.2) is 17.9 Å². The van der Waals surface area contributed by atoms with Gasteiger partial charge in [0.05, 0.1) is 51.8 Å². The second-order valence-electron chi connectivity index (χ2n) is 19.5. The molecule has 14 N–H and O–H groups in total. The summed E-state index contributed by atoms with van der Waals surface area (Å²) in [6.07, 6.45) is 17.3. The molecule has 0 spiro atoms. The van der Waals surface area contributed by atoms with E-state index in [1.54, 1.807) is 0 Å². The highest BCUT2D eigenvalue weighted by Crippen LogP contribution is 2.16. The van der Waals surface area contributed by atoms with Crippen molar-refractivity contribution >= 4 is 92.7 Å². The van der Waals surface area contributed by atoms with Crippen molar-refractivity contribution in [2.45, 2.75) is 198 Å². The summed E-state index contributed by atoms with van der Waals surface area (Å²) in [6, 6.07) is -4.28. The van der Waals surface area contributed by atoms with Gasteiger partial charge in [-0.1, -0.05) is 106 Å². The van der Waals surface area contributed by atoms with Crippen LogP contribution in [0.3, 0.4) is 0 Å². The molecule has 7 amide bonds. The lowest BCUT2D eigenvalue weighted by Crippen LogP contribution is -2.69. The van der Waals surface area contributed by atoms with Crippen molar-refractivity contribution < 1.29 is 93.1 Å². The molecule has 5 atom stereocenters. The van der Waals surface area contributed by atoms with E-state index in [9.17, 15) is 63.3 Å². The molecule has 5 unspecified atom stereocenters. The SMILES string of the molecule is CI=INC(CCCCNC(=O)COCCOCCNC(=O)COCCOCCNC(=O)CCC(NC(=O)CCC(NC(=O)CCCCCCCCCCCCCCCCCCC(=O)O)C(=O)O)C(=O)O)C(=O)NC(C([NH3+])=O)C(C)O. The van der Waals surface area contributed by atoms with E-state index in [-0.39, 0.29) is 156 Å². The topological polar surface area (TPSA) is 400 Å². The average molecular weight is 1390 g/mol. The molecular formula is C53H97I2N8O18+. The van der Waals surface area contributed by atoms with Gasteiger partial charge in [0, 0.05) is 62.2 Å². The standard InChI is InChI=1S/C53H96I2N8O18/c1-39(64)49(50(56)72)62-51(73)40(63-55-54-2)21-19-20-28-57-46(68)37-80-35-34-79-32-30-59-47(69)38-81-36-33-78-31-29-58-43(65)26-24-41(52(74)75)61-45(67)27-25-42(53(76)77)60-44(66)22-17-15-13-11-9-7-5-3-4-6-8-10-12-14-16-18-23-48(70)71/h39-42,49,63-64H,3-38H2,1-2H3,(H2,56,72)(H,57,68)(H,58,65)(H,59,69)(H,60,66)(H,61,67)(H,62,73)(H,70,71)(H,74,75)(H,76,77)/p+1. The largest absolute Gasteiger partial charge is 0.481 e. The van der Waals surface area contributed by atoms with Gasteiger partial charge in [-0.3, -0.25) is 39.3 Å². The quantitative estimate of drug-likeness (QED) is 0.0180. The van der Waals surface area contributed by atoms with E-state index in [0.29, 0.717) is 32.2 Å². The molecule has 0 aliphatic carbocycles. The van der Waals surface area contributed by atoms with Crippen molar-refractivity contribution in [3.63, 3.8) is 0 Å². The summed E-state index contributed by atoms with van der Waals surface area (Å²) in [5, 5.41) is 53.0. The van der Waals surface area contributed by atoms with Crippen LogP contribution in [-0.2, 0) is 66.9 Å². The van der Waals surface area contributed by atoms with Crippen LogP contribution in [0.4, 0.5) is 0 Å². The molecule has 0 rings (SSSR count). The number of carbonyl (C=O) groups excluding carboxylic acids is 7. The van der Waals surface area contributed by atoms with Gasteiger partial charge in [0.2, 0.25) is 35.4 Å². The fourth-order valence-electron chi connectivity index (χ4n) is 7.87. The predicted molar refractivity (Wildman–Crippen MR) is 317 cm³/mol. The molecule has 0 aromatic heterocycles. The number of quaternary nitrogens is 1. The van der Waals surface area contributed by atoms with Crippen molar-refractivity contribution in [1.29, 1.82) is 0 Å². The number of rotatable bonds is 56. The lowest BCUT2D eigenvalue weighted by Gasteiger charge is -2.20. The van der Waals surface area contributed by atoms with Crippen LogP contribution in [0.2, 0.25) is 0 Å². The number of carboxylic acid groups (broad SMARTS) is 3. The van der Waals surface area contributed by atoms with Gasteiger partial charge in [-0.05, 0) is 56.8 Å². The molecule has 0 aliphatic rings. The highest BCUT2D eigenvalue weighted by molar-refractivity contribution is 14.8. The third kappa shape index (κ3) is 48.2. The fourth-order valence-corrected chi connectivity index (χ4v) is 12.5. The number of aliphatic carboxylic acids is 3. The molecule has 28 heteroatoms. The maximum Gasteiger partial charge on any atom is 0.333 e. The lowest BCUT2D eigenvalue weighted by atomic mass is 10.0. The summed E-state index contributed by atoms with van der Waals surface area (Å²) in [5.74, 6) is -6.64. The molecule has 81 heavy (non-hydrogen) atoms. The average Bonchev–Trinajstić information content (AvgIpc) is 3.41. The van der Waals surface area contributed by atoms with Crippen molar-refractivity contribution in [3.05, 3.63) is 0 Å². The normalized spacial score (nSPS) is 13.3. The molecule has 26 nitrogen and oxygen atoms in total. The molecular weight excluding hydrogens is 1290 g/mol. The molecule has 0 bridgehead atoms. The van der Waals surface area contributed by atoms with Crippen LogP contribution in [0.5, 0.6) is 0 Å². The first-order valence-electron chi connectivity index (χ1n) is 28.5. The Labute approximate surface area is 493 Å². The molecule has 0 heterocycles. The van der Waals surface area contributed by atoms with Crippen molar-refractivity contribution in [3.8, 4) is 0 Å². The molecule has 0 aromatic carbocycles. The zero-order chi connectivity index (χ0) is 60.3. The van der Waals surface area contributed by atoms with Gasteiger partial charge >= 0.3 is 23.8 Å². The first-order valence-corrected chi connectivity index (χ1v) is 38.0. The number of alkyl halides is 1. The summed E-state index contributed by atoms with van der Waals surface area (Å²) in [5.41, 5.74) is 3.31. The van der Waals surface area contributed by atoms with Crippen LogP contribution in [0.15, 0.2) is 0 Å². The Hall–Kier alpha value is -3.92. The zero-order valence-corrected chi connectivity index (χ0v) is 52.1. The smallest absolute Gasteiger partial charge is 0.333 e. The van der Waals surface area contributed by atoms with Gasteiger partial charge in [0.15, 0.2) is 6.04 Å². The number of unbranched alkanes of at least 4 members (excludes halogenated alkanes) is 16. The number of nitrogens with one attached hydrogen (secondary N) is 7. The number of carboxylic acids is 3. The predicted octanol–water partition coefficient (Wildman–Crippen LogP) is 2.37. The molecule has 0 radical (unpaired) electrons.